The number of H-pyrrole nitrogens is 1. The lowest BCUT2D eigenvalue weighted by Gasteiger charge is -2.32. The predicted molar refractivity (Wildman–Crippen MR) is 95.1 cm³/mol. The highest BCUT2D eigenvalue weighted by Gasteiger charge is 2.29. The van der Waals surface area contributed by atoms with Crippen molar-refractivity contribution in [2.24, 2.45) is 5.92 Å². The van der Waals surface area contributed by atoms with Gasteiger partial charge in [0.05, 0.1) is 0 Å². The fourth-order valence-corrected chi connectivity index (χ4v) is 3.58. The number of aryl methyl sites for hydroxylation is 2. The highest BCUT2D eigenvalue weighted by Crippen LogP contribution is 2.24. The molecule has 2 amide bonds. The third kappa shape index (κ3) is 3.03. The van der Waals surface area contributed by atoms with Gasteiger partial charge in [-0.25, -0.2) is 0 Å². The molecule has 1 aliphatic rings. The van der Waals surface area contributed by atoms with E-state index < -0.39 is 0 Å². The molecule has 24 heavy (non-hydrogen) atoms. The van der Waals surface area contributed by atoms with Crippen molar-refractivity contribution in [3.63, 3.8) is 0 Å². The summed E-state index contributed by atoms with van der Waals surface area (Å²) < 4.78 is 0. The number of fused-ring (bicyclic) bond motifs is 1. The Morgan fingerprint density at radius 2 is 1.79 bits per heavy atom. The zero-order valence-electron chi connectivity index (χ0n) is 14.8. The molecule has 1 N–H and O–H groups in total. The van der Waals surface area contributed by atoms with E-state index >= 15 is 0 Å². The average molecular weight is 327 g/mol. The van der Waals surface area contributed by atoms with Crippen LogP contribution in [0.3, 0.4) is 0 Å². The van der Waals surface area contributed by atoms with Crippen LogP contribution in [-0.2, 0) is 4.79 Å². The summed E-state index contributed by atoms with van der Waals surface area (Å²) in [5.74, 6) is 0.231. The second-order valence-corrected chi connectivity index (χ2v) is 7.03. The number of aromatic amines is 1. The van der Waals surface area contributed by atoms with E-state index in [9.17, 15) is 9.59 Å². The van der Waals surface area contributed by atoms with Crippen LogP contribution in [0.1, 0.15) is 34.5 Å². The smallest absolute Gasteiger partial charge is 0.270 e. The maximum atomic E-state index is 12.8. The number of hydrogen-bond donors (Lipinski definition) is 1. The molecule has 0 atom stereocenters. The van der Waals surface area contributed by atoms with Gasteiger partial charge in [-0.3, -0.25) is 9.59 Å². The van der Waals surface area contributed by atoms with Crippen LogP contribution in [0, 0.1) is 19.8 Å². The summed E-state index contributed by atoms with van der Waals surface area (Å²) >= 11 is 0. The molecule has 1 fully saturated rings. The molecule has 1 aromatic heterocycles. The van der Waals surface area contributed by atoms with Crippen LogP contribution in [0.4, 0.5) is 0 Å². The number of likely N-dealkylation sites (tertiary alicyclic amines) is 1. The molecule has 5 nitrogen and oxygen atoms in total. The minimum Gasteiger partial charge on any atom is -0.351 e. The zero-order valence-corrected chi connectivity index (χ0v) is 14.8. The first-order chi connectivity index (χ1) is 11.4. The number of amides is 2. The van der Waals surface area contributed by atoms with Crippen molar-refractivity contribution in [3.8, 4) is 0 Å². The lowest BCUT2D eigenvalue weighted by molar-refractivity contribution is -0.134. The summed E-state index contributed by atoms with van der Waals surface area (Å²) in [5.41, 5.74) is 4.00. The van der Waals surface area contributed by atoms with E-state index in [2.05, 4.69) is 31.0 Å². The molecular weight excluding hydrogens is 302 g/mol. The molecule has 1 aliphatic heterocycles. The van der Waals surface area contributed by atoms with E-state index in [1.807, 2.05) is 11.0 Å². The Bertz CT molecular complexity index is 783. The van der Waals surface area contributed by atoms with E-state index in [-0.39, 0.29) is 17.7 Å². The third-order valence-corrected chi connectivity index (χ3v) is 4.89. The van der Waals surface area contributed by atoms with Crippen molar-refractivity contribution in [1.82, 2.24) is 14.8 Å². The Morgan fingerprint density at radius 3 is 2.42 bits per heavy atom. The molecule has 3 rings (SSSR count). The number of carbonyl (C=O) groups is 2. The van der Waals surface area contributed by atoms with E-state index in [4.69, 9.17) is 0 Å². The van der Waals surface area contributed by atoms with E-state index in [1.165, 1.54) is 11.1 Å². The summed E-state index contributed by atoms with van der Waals surface area (Å²) in [4.78, 5) is 31.6. The van der Waals surface area contributed by atoms with Gasteiger partial charge in [0.15, 0.2) is 0 Å². The minimum absolute atomic E-state index is 0.0269. The minimum atomic E-state index is 0.0269. The third-order valence-electron chi connectivity index (χ3n) is 4.89. The van der Waals surface area contributed by atoms with Crippen LogP contribution in [0.15, 0.2) is 18.2 Å². The quantitative estimate of drug-likeness (QED) is 0.922. The monoisotopic (exact) mass is 327 g/mol. The van der Waals surface area contributed by atoms with Crippen molar-refractivity contribution in [2.45, 2.75) is 26.7 Å². The standard InChI is InChI=1S/C19H25N3O2/c1-12-9-13(2)15-11-17(20-16(15)10-12)19(24)22-7-5-14(6-8-22)18(23)21(3)4/h9-11,14,20H,5-8H2,1-4H3. The van der Waals surface area contributed by atoms with Crippen molar-refractivity contribution in [1.29, 1.82) is 0 Å². The van der Waals surface area contributed by atoms with Gasteiger partial charge in [0, 0.05) is 44.0 Å². The molecule has 0 bridgehead atoms. The van der Waals surface area contributed by atoms with Crippen LogP contribution in [-0.4, -0.2) is 53.8 Å². The van der Waals surface area contributed by atoms with Crippen molar-refractivity contribution < 1.29 is 9.59 Å². The number of aromatic nitrogens is 1. The maximum Gasteiger partial charge on any atom is 0.270 e. The second kappa shape index (κ2) is 6.30. The molecule has 0 radical (unpaired) electrons. The van der Waals surface area contributed by atoms with Gasteiger partial charge >= 0.3 is 0 Å². The van der Waals surface area contributed by atoms with E-state index in [0.29, 0.717) is 18.8 Å². The fraction of sp³-hybridized carbons (Fsp3) is 0.474. The van der Waals surface area contributed by atoms with Gasteiger partial charge < -0.3 is 14.8 Å². The number of hydrogen-bond acceptors (Lipinski definition) is 2. The van der Waals surface area contributed by atoms with Gasteiger partial charge in [-0.1, -0.05) is 6.07 Å². The molecule has 0 saturated carbocycles. The van der Waals surface area contributed by atoms with Gasteiger partial charge in [0.25, 0.3) is 5.91 Å². The molecule has 0 unspecified atom stereocenters. The van der Waals surface area contributed by atoms with Gasteiger partial charge in [-0.15, -0.1) is 0 Å². The molecule has 0 aliphatic carbocycles. The molecule has 1 aromatic carbocycles. The molecule has 2 heterocycles. The normalized spacial score (nSPS) is 15.8. The summed E-state index contributed by atoms with van der Waals surface area (Å²) in [6.45, 7) is 5.39. The van der Waals surface area contributed by atoms with E-state index in [0.717, 1.165) is 23.7 Å². The topological polar surface area (TPSA) is 56.4 Å². The number of carbonyl (C=O) groups excluding carboxylic acids is 2. The van der Waals surface area contributed by atoms with Crippen LogP contribution in [0.2, 0.25) is 0 Å². The maximum absolute atomic E-state index is 12.8. The number of nitrogens with one attached hydrogen (secondary N) is 1. The lowest BCUT2D eigenvalue weighted by Crippen LogP contribution is -2.42. The number of nitrogens with zero attached hydrogens (tertiary/aromatic N) is 2. The van der Waals surface area contributed by atoms with Crippen molar-refractivity contribution >= 4 is 22.7 Å². The lowest BCUT2D eigenvalue weighted by atomic mass is 9.95. The highest BCUT2D eigenvalue weighted by atomic mass is 16.2. The molecular formula is C19H25N3O2. The first kappa shape index (κ1) is 16.6. The largest absolute Gasteiger partial charge is 0.351 e. The number of piperidine rings is 1. The van der Waals surface area contributed by atoms with Gasteiger partial charge in [0.1, 0.15) is 5.69 Å². The molecule has 0 spiro atoms. The number of rotatable bonds is 2. The summed E-state index contributed by atoms with van der Waals surface area (Å²) in [7, 11) is 3.57. The molecule has 128 valence electrons. The second-order valence-electron chi connectivity index (χ2n) is 7.03. The predicted octanol–water partition coefficient (Wildman–Crippen LogP) is 2.73. The number of benzene rings is 1. The summed E-state index contributed by atoms with van der Waals surface area (Å²) in [5, 5.41) is 1.10. The first-order valence-electron chi connectivity index (χ1n) is 8.47. The molecule has 1 saturated heterocycles. The Kier molecular flexibility index (Phi) is 4.35. The Labute approximate surface area is 142 Å². The summed E-state index contributed by atoms with van der Waals surface area (Å²) in [6.07, 6.45) is 1.47. The van der Waals surface area contributed by atoms with Gasteiger partial charge in [0.2, 0.25) is 5.91 Å². The average Bonchev–Trinajstić information content (AvgIpc) is 2.97. The fourth-order valence-electron chi connectivity index (χ4n) is 3.58. The van der Waals surface area contributed by atoms with Crippen LogP contribution < -0.4 is 0 Å². The van der Waals surface area contributed by atoms with Crippen LogP contribution in [0.5, 0.6) is 0 Å². The highest BCUT2D eigenvalue weighted by molar-refractivity contribution is 5.99. The Morgan fingerprint density at radius 1 is 1.12 bits per heavy atom. The first-order valence-corrected chi connectivity index (χ1v) is 8.47. The van der Waals surface area contributed by atoms with E-state index in [1.54, 1.807) is 19.0 Å². The Balaban J connectivity index is 1.74. The molecule has 5 heteroatoms. The van der Waals surface area contributed by atoms with Crippen LogP contribution in [0.25, 0.3) is 10.9 Å². The summed E-state index contributed by atoms with van der Waals surface area (Å²) in [6, 6.07) is 6.15. The van der Waals surface area contributed by atoms with Gasteiger partial charge in [-0.2, -0.15) is 0 Å². The Hall–Kier alpha value is -2.30. The van der Waals surface area contributed by atoms with Gasteiger partial charge in [-0.05, 0) is 49.9 Å². The van der Waals surface area contributed by atoms with Crippen LogP contribution >= 0.6 is 0 Å². The SMILES string of the molecule is Cc1cc(C)c2cc(C(=O)N3CCC(C(=O)N(C)C)CC3)[nH]c2c1. The van der Waals surface area contributed by atoms with Crippen molar-refractivity contribution in [2.75, 3.05) is 27.2 Å². The van der Waals surface area contributed by atoms with Crippen molar-refractivity contribution in [3.05, 3.63) is 35.0 Å². The zero-order chi connectivity index (χ0) is 17.4. The molecule has 2 aromatic rings.